The summed E-state index contributed by atoms with van der Waals surface area (Å²) in [5.41, 5.74) is -0.549. The Labute approximate surface area is 98.1 Å². The van der Waals surface area contributed by atoms with Crippen LogP contribution in [0.15, 0.2) is 12.1 Å². The fourth-order valence-corrected chi connectivity index (χ4v) is 1.25. The summed E-state index contributed by atoms with van der Waals surface area (Å²) < 4.78 is 38.7. The van der Waals surface area contributed by atoms with Crippen LogP contribution in [-0.2, 0) is 6.54 Å². The van der Waals surface area contributed by atoms with Gasteiger partial charge in [-0.2, -0.15) is 5.26 Å². The number of hydrogen-bond acceptors (Lipinski definition) is 2. The van der Waals surface area contributed by atoms with E-state index in [1.165, 1.54) is 0 Å². The Morgan fingerprint density at radius 2 is 1.76 bits per heavy atom. The monoisotopic (exact) mass is 242 g/mol. The Kier molecular flexibility index (Phi) is 4.13. The molecule has 1 aromatic carbocycles. The van der Waals surface area contributed by atoms with Gasteiger partial charge in [0.25, 0.3) is 0 Å². The molecule has 0 bridgehead atoms. The fourth-order valence-electron chi connectivity index (χ4n) is 1.25. The molecule has 0 spiro atoms. The number of benzene rings is 1. The van der Waals surface area contributed by atoms with Crippen molar-refractivity contribution in [2.75, 3.05) is 6.54 Å². The molecule has 0 unspecified atom stereocenters. The van der Waals surface area contributed by atoms with Gasteiger partial charge < -0.3 is 5.32 Å². The first kappa shape index (κ1) is 13.5. The highest BCUT2D eigenvalue weighted by Gasteiger charge is 2.16. The Morgan fingerprint density at radius 1 is 1.18 bits per heavy atom. The molecular weight excluding hydrogens is 229 g/mol. The second kappa shape index (κ2) is 5.19. The zero-order valence-corrected chi connectivity index (χ0v) is 9.65. The summed E-state index contributed by atoms with van der Waals surface area (Å²) in [6.45, 7) is 3.83. The predicted octanol–water partition coefficient (Wildman–Crippen LogP) is 2.74. The standard InChI is InChI=1S/C12H13F3N2/c1-12(2,6-16)7-17-5-8-3-10(14)11(15)4-9(8)13/h3-4,17H,5,7H2,1-2H3. The minimum atomic E-state index is -1.20. The van der Waals surface area contributed by atoms with Gasteiger partial charge in [-0.15, -0.1) is 0 Å². The van der Waals surface area contributed by atoms with Crippen molar-refractivity contribution in [2.45, 2.75) is 20.4 Å². The van der Waals surface area contributed by atoms with Crippen molar-refractivity contribution in [3.05, 3.63) is 35.1 Å². The molecule has 0 fully saturated rings. The summed E-state index contributed by atoms with van der Waals surface area (Å²) in [6.07, 6.45) is 0. The van der Waals surface area contributed by atoms with Gasteiger partial charge in [-0.3, -0.25) is 0 Å². The Hall–Kier alpha value is -1.54. The molecule has 0 heterocycles. The van der Waals surface area contributed by atoms with Crippen molar-refractivity contribution in [1.29, 1.82) is 5.26 Å². The van der Waals surface area contributed by atoms with E-state index in [0.717, 1.165) is 6.07 Å². The maximum atomic E-state index is 13.2. The maximum Gasteiger partial charge on any atom is 0.161 e. The molecule has 1 aromatic rings. The first-order valence-electron chi connectivity index (χ1n) is 5.11. The fraction of sp³-hybridized carbons (Fsp3) is 0.417. The molecule has 1 rings (SSSR count). The molecule has 0 saturated heterocycles. The van der Waals surface area contributed by atoms with Crippen molar-refractivity contribution in [1.82, 2.24) is 5.32 Å². The van der Waals surface area contributed by atoms with E-state index >= 15 is 0 Å². The van der Waals surface area contributed by atoms with E-state index in [2.05, 4.69) is 11.4 Å². The van der Waals surface area contributed by atoms with E-state index in [-0.39, 0.29) is 12.1 Å². The Bertz CT molecular complexity index is 450. The Morgan fingerprint density at radius 3 is 2.35 bits per heavy atom. The topological polar surface area (TPSA) is 35.8 Å². The van der Waals surface area contributed by atoms with Crippen molar-refractivity contribution >= 4 is 0 Å². The molecule has 0 aliphatic heterocycles. The lowest BCUT2D eigenvalue weighted by Gasteiger charge is -2.16. The maximum absolute atomic E-state index is 13.2. The van der Waals surface area contributed by atoms with Crippen LogP contribution in [0.1, 0.15) is 19.4 Å². The first-order valence-corrected chi connectivity index (χ1v) is 5.11. The lowest BCUT2D eigenvalue weighted by molar-refractivity contribution is 0.437. The van der Waals surface area contributed by atoms with Gasteiger partial charge in [0.05, 0.1) is 11.5 Å². The molecule has 2 nitrogen and oxygen atoms in total. The van der Waals surface area contributed by atoms with Crippen LogP contribution in [0.3, 0.4) is 0 Å². The van der Waals surface area contributed by atoms with E-state index in [4.69, 9.17) is 5.26 Å². The quantitative estimate of drug-likeness (QED) is 0.824. The van der Waals surface area contributed by atoms with Gasteiger partial charge in [-0.1, -0.05) is 0 Å². The third kappa shape index (κ3) is 3.75. The smallest absolute Gasteiger partial charge is 0.161 e. The van der Waals surface area contributed by atoms with Crippen LogP contribution in [0, 0.1) is 34.2 Å². The molecule has 0 saturated carbocycles. The van der Waals surface area contributed by atoms with Crippen LogP contribution >= 0.6 is 0 Å². The van der Waals surface area contributed by atoms with Gasteiger partial charge in [-0.05, 0) is 19.9 Å². The minimum absolute atomic E-state index is 0.0395. The normalized spacial score (nSPS) is 11.3. The number of rotatable bonds is 4. The zero-order valence-electron chi connectivity index (χ0n) is 9.65. The molecule has 1 N–H and O–H groups in total. The van der Waals surface area contributed by atoms with Crippen LogP contribution in [0.2, 0.25) is 0 Å². The molecule has 0 atom stereocenters. The summed E-state index contributed by atoms with van der Waals surface area (Å²) in [6, 6.07) is 3.40. The molecule has 0 aromatic heterocycles. The summed E-state index contributed by atoms with van der Waals surface area (Å²) >= 11 is 0. The third-order valence-corrected chi connectivity index (χ3v) is 2.27. The van der Waals surface area contributed by atoms with Crippen molar-refractivity contribution < 1.29 is 13.2 Å². The molecule has 0 aliphatic carbocycles. The number of nitrogens with zero attached hydrogens (tertiary/aromatic N) is 1. The highest BCUT2D eigenvalue weighted by Crippen LogP contribution is 2.15. The summed E-state index contributed by atoms with van der Waals surface area (Å²) in [7, 11) is 0. The molecule has 17 heavy (non-hydrogen) atoms. The SMILES string of the molecule is CC(C)(C#N)CNCc1cc(F)c(F)cc1F. The van der Waals surface area contributed by atoms with Crippen LogP contribution in [0.5, 0.6) is 0 Å². The molecule has 0 aliphatic rings. The van der Waals surface area contributed by atoms with E-state index in [0.29, 0.717) is 12.6 Å². The Balaban J connectivity index is 2.65. The van der Waals surface area contributed by atoms with Gasteiger partial charge in [0.2, 0.25) is 0 Å². The number of nitriles is 1. The van der Waals surface area contributed by atoms with Crippen LogP contribution in [-0.4, -0.2) is 6.54 Å². The largest absolute Gasteiger partial charge is 0.311 e. The number of nitrogens with one attached hydrogen (secondary N) is 1. The summed E-state index contributed by atoms with van der Waals surface area (Å²) in [5.74, 6) is -3.09. The summed E-state index contributed by atoms with van der Waals surface area (Å²) in [4.78, 5) is 0. The van der Waals surface area contributed by atoms with E-state index in [1.54, 1.807) is 13.8 Å². The van der Waals surface area contributed by atoms with Crippen molar-refractivity contribution in [2.24, 2.45) is 5.41 Å². The lowest BCUT2D eigenvalue weighted by Crippen LogP contribution is -2.28. The highest BCUT2D eigenvalue weighted by molar-refractivity contribution is 5.20. The van der Waals surface area contributed by atoms with E-state index < -0.39 is 22.9 Å². The van der Waals surface area contributed by atoms with Crippen LogP contribution < -0.4 is 5.32 Å². The van der Waals surface area contributed by atoms with Crippen molar-refractivity contribution in [3.8, 4) is 6.07 Å². The highest BCUT2D eigenvalue weighted by atomic mass is 19.2. The van der Waals surface area contributed by atoms with E-state index in [1.807, 2.05) is 0 Å². The first-order chi connectivity index (χ1) is 7.85. The number of halogens is 3. The molecule has 0 amide bonds. The molecule has 5 heteroatoms. The van der Waals surface area contributed by atoms with Crippen molar-refractivity contribution in [3.63, 3.8) is 0 Å². The summed E-state index contributed by atoms with van der Waals surface area (Å²) in [5, 5.41) is 11.6. The second-order valence-electron chi connectivity index (χ2n) is 4.46. The van der Waals surface area contributed by atoms with Gasteiger partial charge in [0.15, 0.2) is 11.6 Å². The van der Waals surface area contributed by atoms with Gasteiger partial charge in [0.1, 0.15) is 5.82 Å². The average Bonchev–Trinajstić information content (AvgIpc) is 2.25. The van der Waals surface area contributed by atoms with Crippen LogP contribution in [0.4, 0.5) is 13.2 Å². The van der Waals surface area contributed by atoms with Crippen LogP contribution in [0.25, 0.3) is 0 Å². The average molecular weight is 242 g/mol. The predicted molar refractivity (Wildman–Crippen MR) is 57.4 cm³/mol. The molecular formula is C12H13F3N2. The minimum Gasteiger partial charge on any atom is -0.311 e. The third-order valence-electron chi connectivity index (χ3n) is 2.27. The molecule has 92 valence electrons. The molecule has 0 radical (unpaired) electrons. The van der Waals surface area contributed by atoms with Gasteiger partial charge in [0, 0.05) is 24.7 Å². The number of hydrogen-bond donors (Lipinski definition) is 1. The van der Waals surface area contributed by atoms with Gasteiger partial charge >= 0.3 is 0 Å². The van der Waals surface area contributed by atoms with E-state index in [9.17, 15) is 13.2 Å². The lowest BCUT2D eigenvalue weighted by atomic mass is 9.96. The second-order valence-corrected chi connectivity index (χ2v) is 4.46. The zero-order chi connectivity index (χ0) is 13.1. The van der Waals surface area contributed by atoms with Gasteiger partial charge in [-0.25, -0.2) is 13.2 Å².